The number of ketones is 1. The maximum absolute atomic E-state index is 13.8. The molecule has 3 nitrogen and oxygen atoms in total. The number of nitrogens with one attached hydrogen (secondary N) is 1. The first-order chi connectivity index (χ1) is 14.3. The Balaban J connectivity index is 1.80. The number of hydrogen-bond donors (Lipinski definition) is 1. The lowest BCUT2D eigenvalue weighted by molar-refractivity contribution is -0.123. The van der Waals surface area contributed by atoms with Crippen LogP contribution in [0.2, 0.25) is 0 Å². The molecule has 3 aromatic rings. The van der Waals surface area contributed by atoms with Gasteiger partial charge in [0.2, 0.25) is 0 Å². The topological polar surface area (TPSA) is 38.3 Å². The number of benzene rings is 3. The van der Waals surface area contributed by atoms with Crippen molar-refractivity contribution in [1.82, 2.24) is 0 Å². The van der Waals surface area contributed by atoms with Gasteiger partial charge in [0.25, 0.3) is 0 Å². The molecule has 0 aromatic heterocycles. The minimum atomic E-state index is -0.638. The smallest absolute Gasteiger partial charge is 0.164 e. The van der Waals surface area contributed by atoms with E-state index in [1.165, 1.54) is 12.1 Å². The molecule has 1 N–H and O–H groups in total. The number of carbonyl (C=O) groups is 1. The Morgan fingerprint density at radius 3 is 2.63 bits per heavy atom. The van der Waals surface area contributed by atoms with Crippen molar-refractivity contribution in [2.24, 2.45) is 0 Å². The van der Waals surface area contributed by atoms with Crippen LogP contribution in [0.5, 0.6) is 5.75 Å². The van der Waals surface area contributed by atoms with Gasteiger partial charge in [-0.15, -0.1) is 0 Å². The van der Waals surface area contributed by atoms with E-state index >= 15 is 0 Å². The molecule has 0 aliphatic carbocycles. The van der Waals surface area contributed by atoms with Gasteiger partial charge in [0.15, 0.2) is 5.78 Å². The standard InChI is InChI=1S/C26H22FNO2/c1-15-23-20(28-26(2,3)25(15)29)12-11-19-18-9-4-5-10-21(18)30-22(24(19)23)14-16-7-6-8-17(27)13-16/h4-15,28H,1-3H3/b22-14-/t15-/m1/s1. The van der Waals surface area contributed by atoms with Crippen LogP contribution in [0.4, 0.5) is 10.1 Å². The zero-order valence-corrected chi connectivity index (χ0v) is 17.1. The van der Waals surface area contributed by atoms with Gasteiger partial charge < -0.3 is 10.1 Å². The fraction of sp³-hybridized carbons (Fsp3) is 0.192. The molecule has 150 valence electrons. The largest absolute Gasteiger partial charge is 0.456 e. The lowest BCUT2D eigenvalue weighted by atomic mass is 9.76. The second-order valence-electron chi connectivity index (χ2n) is 8.45. The average molecular weight is 399 g/mol. The highest BCUT2D eigenvalue weighted by Gasteiger charge is 2.41. The van der Waals surface area contributed by atoms with Crippen LogP contribution < -0.4 is 10.1 Å². The number of hydrogen-bond acceptors (Lipinski definition) is 3. The fourth-order valence-corrected chi connectivity index (χ4v) is 4.54. The Morgan fingerprint density at radius 2 is 1.83 bits per heavy atom. The summed E-state index contributed by atoms with van der Waals surface area (Å²) in [5.41, 5.74) is 4.81. The zero-order chi connectivity index (χ0) is 21.0. The molecule has 0 unspecified atom stereocenters. The first kappa shape index (κ1) is 18.6. The summed E-state index contributed by atoms with van der Waals surface area (Å²) in [6.07, 6.45) is 1.84. The maximum Gasteiger partial charge on any atom is 0.164 e. The van der Waals surface area contributed by atoms with Crippen LogP contribution in [0.1, 0.15) is 43.4 Å². The Labute approximate surface area is 175 Å². The van der Waals surface area contributed by atoms with E-state index in [1.54, 1.807) is 6.07 Å². The first-order valence-electron chi connectivity index (χ1n) is 10.1. The number of rotatable bonds is 1. The van der Waals surface area contributed by atoms with Crippen LogP contribution in [0, 0.1) is 5.82 Å². The summed E-state index contributed by atoms with van der Waals surface area (Å²) in [6, 6.07) is 18.4. The van der Waals surface area contributed by atoms with E-state index in [9.17, 15) is 9.18 Å². The van der Waals surface area contributed by atoms with E-state index in [2.05, 4.69) is 11.4 Å². The van der Waals surface area contributed by atoms with Crippen LogP contribution in [-0.4, -0.2) is 11.3 Å². The average Bonchev–Trinajstić information content (AvgIpc) is 2.71. The van der Waals surface area contributed by atoms with Crippen LogP contribution in [-0.2, 0) is 4.79 Å². The van der Waals surface area contributed by atoms with Crippen molar-refractivity contribution < 1.29 is 13.9 Å². The fourth-order valence-electron chi connectivity index (χ4n) is 4.54. The molecule has 0 radical (unpaired) electrons. The summed E-state index contributed by atoms with van der Waals surface area (Å²) in [5.74, 6) is 0.897. The molecule has 0 saturated carbocycles. The predicted octanol–water partition coefficient (Wildman–Crippen LogP) is 6.26. The van der Waals surface area contributed by atoms with Gasteiger partial charge in [0, 0.05) is 22.7 Å². The molecule has 3 aromatic carbocycles. The van der Waals surface area contributed by atoms with E-state index < -0.39 is 5.54 Å². The van der Waals surface area contributed by atoms with Crippen molar-refractivity contribution in [3.8, 4) is 16.9 Å². The number of anilines is 1. The van der Waals surface area contributed by atoms with Crippen LogP contribution >= 0.6 is 0 Å². The second kappa shape index (κ2) is 6.56. The van der Waals surface area contributed by atoms with Crippen LogP contribution in [0.3, 0.4) is 0 Å². The third-order valence-corrected chi connectivity index (χ3v) is 5.92. The van der Waals surface area contributed by atoms with Crippen molar-refractivity contribution in [3.05, 3.63) is 83.2 Å². The minimum Gasteiger partial charge on any atom is -0.456 e. The molecule has 2 aliphatic heterocycles. The third-order valence-electron chi connectivity index (χ3n) is 5.92. The van der Waals surface area contributed by atoms with Gasteiger partial charge in [-0.25, -0.2) is 4.39 Å². The highest BCUT2D eigenvalue weighted by Crippen LogP contribution is 2.49. The number of para-hydroxylation sites is 1. The van der Waals surface area contributed by atoms with E-state index in [0.29, 0.717) is 11.3 Å². The number of ether oxygens (including phenoxy) is 1. The van der Waals surface area contributed by atoms with Crippen LogP contribution in [0.15, 0.2) is 60.7 Å². The Kier molecular flexibility index (Phi) is 4.07. The van der Waals surface area contributed by atoms with Gasteiger partial charge in [-0.1, -0.05) is 43.3 Å². The summed E-state index contributed by atoms with van der Waals surface area (Å²) in [5, 5.41) is 3.39. The summed E-state index contributed by atoms with van der Waals surface area (Å²) < 4.78 is 20.1. The van der Waals surface area contributed by atoms with E-state index in [1.807, 2.05) is 63.2 Å². The monoisotopic (exact) mass is 399 g/mol. The second-order valence-corrected chi connectivity index (χ2v) is 8.45. The molecule has 0 spiro atoms. The van der Waals surface area contributed by atoms with E-state index in [4.69, 9.17) is 4.74 Å². The molecular weight excluding hydrogens is 377 g/mol. The van der Waals surface area contributed by atoms with Crippen molar-refractivity contribution in [1.29, 1.82) is 0 Å². The van der Waals surface area contributed by atoms with Gasteiger partial charge >= 0.3 is 0 Å². The van der Waals surface area contributed by atoms with Crippen molar-refractivity contribution in [2.45, 2.75) is 32.2 Å². The number of fused-ring (bicyclic) bond motifs is 5. The minimum absolute atomic E-state index is 0.132. The van der Waals surface area contributed by atoms with Gasteiger partial charge in [0.05, 0.1) is 5.54 Å². The van der Waals surface area contributed by atoms with Crippen molar-refractivity contribution >= 4 is 23.3 Å². The molecular formula is C26H22FNO2. The highest BCUT2D eigenvalue weighted by molar-refractivity contribution is 6.04. The Bertz CT molecular complexity index is 1230. The molecule has 30 heavy (non-hydrogen) atoms. The first-order valence-corrected chi connectivity index (χ1v) is 10.1. The summed E-state index contributed by atoms with van der Waals surface area (Å²) in [7, 11) is 0. The molecule has 1 atom stereocenters. The molecule has 2 aliphatic rings. The maximum atomic E-state index is 13.8. The summed E-state index contributed by atoms with van der Waals surface area (Å²) >= 11 is 0. The molecule has 0 saturated heterocycles. The Morgan fingerprint density at radius 1 is 1.03 bits per heavy atom. The van der Waals surface area contributed by atoms with Crippen molar-refractivity contribution in [3.63, 3.8) is 0 Å². The molecule has 2 heterocycles. The van der Waals surface area contributed by atoms with Gasteiger partial charge in [0.1, 0.15) is 17.3 Å². The summed E-state index contributed by atoms with van der Waals surface area (Å²) in [4.78, 5) is 13.1. The van der Waals surface area contributed by atoms with E-state index in [0.717, 1.165) is 33.7 Å². The Hall–Kier alpha value is -3.40. The third kappa shape index (κ3) is 2.83. The molecule has 4 heteroatoms. The lowest BCUT2D eigenvalue weighted by Gasteiger charge is -2.38. The number of Topliss-reactive ketones (excluding diaryl/α,β-unsaturated/α-hetero) is 1. The predicted molar refractivity (Wildman–Crippen MR) is 118 cm³/mol. The lowest BCUT2D eigenvalue weighted by Crippen LogP contribution is -2.46. The normalized spacial score (nSPS) is 19.9. The quantitative estimate of drug-likeness (QED) is 0.525. The van der Waals surface area contributed by atoms with E-state index in [-0.39, 0.29) is 17.5 Å². The number of halogens is 1. The zero-order valence-electron chi connectivity index (χ0n) is 17.1. The van der Waals surface area contributed by atoms with Crippen LogP contribution in [0.25, 0.3) is 23.0 Å². The molecule has 0 bridgehead atoms. The van der Waals surface area contributed by atoms with Gasteiger partial charge in [-0.3, -0.25) is 4.79 Å². The van der Waals surface area contributed by atoms with Gasteiger partial charge in [-0.2, -0.15) is 0 Å². The highest BCUT2D eigenvalue weighted by atomic mass is 19.1. The summed E-state index contributed by atoms with van der Waals surface area (Å²) in [6.45, 7) is 5.76. The molecule has 5 rings (SSSR count). The molecule has 0 fully saturated rings. The molecule has 0 amide bonds. The SMILES string of the molecule is C[C@H]1C(=O)C(C)(C)Nc2ccc3c(c21)/C(=C/c1cccc(F)c1)Oc1ccccc1-3. The number of carbonyl (C=O) groups excluding carboxylic acids is 1. The van der Waals surface area contributed by atoms with Crippen molar-refractivity contribution in [2.75, 3.05) is 5.32 Å². The van der Waals surface area contributed by atoms with Gasteiger partial charge in [-0.05, 0) is 60.9 Å².